The van der Waals surface area contributed by atoms with E-state index >= 15 is 0 Å². The Balaban J connectivity index is 4.26. The van der Waals surface area contributed by atoms with Gasteiger partial charge in [-0.2, -0.15) is 0 Å². The molecule has 2 atom stereocenters. The van der Waals surface area contributed by atoms with Crippen LogP contribution >= 0.6 is 0 Å². The summed E-state index contributed by atoms with van der Waals surface area (Å²) in [6.07, 6.45) is 5.19. The van der Waals surface area contributed by atoms with Gasteiger partial charge in [0, 0.05) is 6.42 Å². The molecule has 0 amide bonds. The second-order valence-corrected chi connectivity index (χ2v) is 11.7. The summed E-state index contributed by atoms with van der Waals surface area (Å²) >= 11 is 0. The van der Waals surface area contributed by atoms with Crippen LogP contribution in [-0.2, 0) is 14.0 Å². The molecule has 0 aliphatic heterocycles. The number of ether oxygens (including phenoxy) is 1. The smallest absolute Gasteiger partial charge is 0.306 e. The van der Waals surface area contributed by atoms with E-state index in [0.29, 0.717) is 6.42 Å². The van der Waals surface area contributed by atoms with Crippen LogP contribution in [0.4, 0.5) is 0 Å². The van der Waals surface area contributed by atoms with Gasteiger partial charge < -0.3 is 9.16 Å². The van der Waals surface area contributed by atoms with Crippen LogP contribution in [0.25, 0.3) is 0 Å². The van der Waals surface area contributed by atoms with Crippen molar-refractivity contribution in [2.75, 3.05) is 0 Å². The summed E-state index contributed by atoms with van der Waals surface area (Å²) in [5.74, 6) is -0.183. The summed E-state index contributed by atoms with van der Waals surface area (Å²) < 4.78 is 11.4. The van der Waals surface area contributed by atoms with E-state index in [1.807, 2.05) is 6.08 Å². The van der Waals surface area contributed by atoms with Crippen LogP contribution in [0.2, 0.25) is 18.1 Å². The van der Waals surface area contributed by atoms with Gasteiger partial charge in [0.25, 0.3) is 0 Å². The van der Waals surface area contributed by atoms with Gasteiger partial charge in [0.15, 0.2) is 8.32 Å². The molecule has 4 heteroatoms. The quantitative estimate of drug-likeness (QED) is 0.347. The molecule has 0 aliphatic rings. The van der Waals surface area contributed by atoms with Crippen molar-refractivity contribution in [2.45, 2.75) is 77.3 Å². The van der Waals surface area contributed by atoms with Gasteiger partial charge in [-0.05, 0) is 37.9 Å². The average Bonchev–Trinajstić information content (AvgIpc) is 2.35. The third kappa shape index (κ3) is 7.62. The fourth-order valence-corrected chi connectivity index (χ4v) is 2.87. The van der Waals surface area contributed by atoms with Crippen LogP contribution in [0.3, 0.4) is 0 Å². The summed E-state index contributed by atoms with van der Waals surface area (Å²) in [6.45, 7) is 20.3. The van der Waals surface area contributed by atoms with Crippen molar-refractivity contribution in [1.82, 2.24) is 0 Å². The van der Waals surface area contributed by atoms with Crippen molar-refractivity contribution in [3.63, 3.8) is 0 Å². The Morgan fingerprint density at radius 1 is 1.24 bits per heavy atom. The fourth-order valence-electron chi connectivity index (χ4n) is 1.54. The summed E-state index contributed by atoms with van der Waals surface area (Å²) in [5.41, 5.74) is 0. The monoisotopic (exact) mass is 312 g/mol. The number of carbonyl (C=O) groups is 1. The normalized spacial score (nSPS) is 15.1. The zero-order valence-corrected chi connectivity index (χ0v) is 15.6. The van der Waals surface area contributed by atoms with Crippen LogP contribution in [0, 0.1) is 0 Å². The molecule has 0 radical (unpaired) electrons. The average molecular weight is 313 g/mol. The van der Waals surface area contributed by atoms with Gasteiger partial charge in [-0.15, -0.1) is 6.58 Å². The minimum Gasteiger partial charge on any atom is -0.458 e. The van der Waals surface area contributed by atoms with E-state index in [2.05, 4.69) is 47.0 Å². The molecule has 0 aromatic rings. The molecule has 0 saturated carbocycles. The number of rotatable bonds is 9. The van der Waals surface area contributed by atoms with Gasteiger partial charge in [0.2, 0.25) is 0 Å². The molecular formula is C17H32O3Si. The number of carbonyl (C=O) groups excluding carboxylic acids is 1. The highest BCUT2D eigenvalue weighted by atomic mass is 28.4. The van der Waals surface area contributed by atoms with Crippen molar-refractivity contribution < 1.29 is 14.0 Å². The van der Waals surface area contributed by atoms with E-state index in [1.54, 1.807) is 13.0 Å². The van der Waals surface area contributed by atoms with Gasteiger partial charge in [-0.1, -0.05) is 39.5 Å². The van der Waals surface area contributed by atoms with Crippen molar-refractivity contribution >= 4 is 14.3 Å². The maximum atomic E-state index is 11.6. The third-order valence-electron chi connectivity index (χ3n) is 4.03. The first-order chi connectivity index (χ1) is 9.53. The lowest BCUT2D eigenvalue weighted by Gasteiger charge is -2.38. The second-order valence-electron chi connectivity index (χ2n) is 6.98. The van der Waals surface area contributed by atoms with Gasteiger partial charge in [-0.3, -0.25) is 4.79 Å². The molecule has 0 bridgehead atoms. The molecule has 0 N–H and O–H groups in total. The topological polar surface area (TPSA) is 35.5 Å². The highest BCUT2D eigenvalue weighted by Crippen LogP contribution is 2.37. The molecule has 122 valence electrons. The molecule has 0 spiro atoms. The highest BCUT2D eigenvalue weighted by molar-refractivity contribution is 6.74. The van der Waals surface area contributed by atoms with Crippen molar-refractivity contribution in [2.24, 2.45) is 0 Å². The molecule has 3 nitrogen and oxygen atoms in total. The van der Waals surface area contributed by atoms with Gasteiger partial charge in [0.1, 0.15) is 6.10 Å². The molecule has 0 fully saturated rings. The second kappa shape index (κ2) is 8.54. The van der Waals surface area contributed by atoms with Crippen LogP contribution in [0.15, 0.2) is 25.3 Å². The molecule has 21 heavy (non-hydrogen) atoms. The minimum atomic E-state index is -1.80. The first kappa shape index (κ1) is 20.1. The van der Waals surface area contributed by atoms with Gasteiger partial charge in [-0.25, -0.2) is 0 Å². The lowest BCUT2D eigenvalue weighted by Crippen LogP contribution is -2.43. The molecule has 0 saturated heterocycles. The van der Waals surface area contributed by atoms with Crippen molar-refractivity contribution in [3.8, 4) is 0 Å². The Kier molecular flexibility index (Phi) is 8.19. The van der Waals surface area contributed by atoms with E-state index in [1.165, 1.54) is 0 Å². The SMILES string of the molecule is C=C[C@@H](C)OC(=O)CCC[C@H](C=C)O[Si](C)(C)C(C)(C)C. The molecule has 0 rings (SSSR count). The summed E-state index contributed by atoms with van der Waals surface area (Å²) in [7, 11) is -1.80. The Labute approximate surface area is 131 Å². The first-order valence-corrected chi connectivity index (χ1v) is 10.6. The third-order valence-corrected chi connectivity index (χ3v) is 8.54. The maximum Gasteiger partial charge on any atom is 0.306 e. The lowest BCUT2D eigenvalue weighted by atomic mass is 10.1. The molecule has 0 aromatic carbocycles. The largest absolute Gasteiger partial charge is 0.458 e. The Morgan fingerprint density at radius 2 is 1.81 bits per heavy atom. The fraction of sp³-hybridized carbons (Fsp3) is 0.706. The zero-order chi connectivity index (χ0) is 16.7. The molecule has 0 aliphatic carbocycles. The molecule has 0 aromatic heterocycles. The maximum absolute atomic E-state index is 11.6. The van der Waals surface area contributed by atoms with Crippen LogP contribution < -0.4 is 0 Å². The lowest BCUT2D eigenvalue weighted by molar-refractivity contribution is -0.146. The molecular weight excluding hydrogens is 280 g/mol. The number of esters is 1. The Hall–Kier alpha value is -0.873. The predicted octanol–water partition coefficient (Wildman–Crippen LogP) is 4.85. The summed E-state index contributed by atoms with van der Waals surface area (Å²) in [5, 5.41) is 0.173. The van der Waals surface area contributed by atoms with Gasteiger partial charge >= 0.3 is 5.97 Å². The summed E-state index contributed by atoms with van der Waals surface area (Å²) in [4.78, 5) is 11.6. The number of hydrogen-bond donors (Lipinski definition) is 0. The van der Waals surface area contributed by atoms with Crippen molar-refractivity contribution in [1.29, 1.82) is 0 Å². The Morgan fingerprint density at radius 3 is 2.24 bits per heavy atom. The van der Waals surface area contributed by atoms with E-state index in [-0.39, 0.29) is 23.2 Å². The van der Waals surface area contributed by atoms with Crippen LogP contribution in [0.5, 0.6) is 0 Å². The van der Waals surface area contributed by atoms with E-state index in [0.717, 1.165) is 12.8 Å². The van der Waals surface area contributed by atoms with E-state index in [4.69, 9.17) is 9.16 Å². The highest BCUT2D eigenvalue weighted by Gasteiger charge is 2.38. The van der Waals surface area contributed by atoms with Crippen molar-refractivity contribution in [3.05, 3.63) is 25.3 Å². The van der Waals surface area contributed by atoms with E-state index < -0.39 is 8.32 Å². The number of hydrogen-bond acceptors (Lipinski definition) is 3. The molecule has 0 unspecified atom stereocenters. The molecule has 0 heterocycles. The van der Waals surface area contributed by atoms with E-state index in [9.17, 15) is 4.79 Å². The standard InChI is InChI=1S/C17H32O3Si/c1-9-14(3)19-16(18)13-11-12-15(10-2)20-21(7,8)17(4,5)6/h9-10,14-15H,1-2,11-13H2,3-8H3/t14-,15+/m1/s1. The first-order valence-electron chi connectivity index (χ1n) is 7.66. The zero-order valence-electron chi connectivity index (χ0n) is 14.6. The van der Waals surface area contributed by atoms with Crippen LogP contribution in [0.1, 0.15) is 47.0 Å². The minimum absolute atomic E-state index is 0.00974. The Bertz CT molecular complexity index is 356. The predicted molar refractivity (Wildman–Crippen MR) is 91.9 cm³/mol. The van der Waals surface area contributed by atoms with Gasteiger partial charge in [0.05, 0.1) is 6.10 Å². The van der Waals surface area contributed by atoms with Crippen LogP contribution in [-0.4, -0.2) is 26.5 Å². The summed E-state index contributed by atoms with van der Waals surface area (Å²) in [6, 6.07) is 0.